The largest absolute Gasteiger partial charge is 0.375 e. The molecule has 3 fully saturated rings. The molecule has 5 N–H and O–H groups in total. The van der Waals surface area contributed by atoms with Gasteiger partial charge in [-0.05, 0) is 58.4 Å². The Hall–Kier alpha value is -0.890. The number of hydrogen-bond donors (Lipinski definition) is 5. The second kappa shape index (κ2) is 10.6. The molecule has 156 valence electrons. The molecule has 0 spiro atoms. The van der Waals surface area contributed by atoms with E-state index in [0.29, 0.717) is 18.2 Å². The molecule has 3 unspecified atom stereocenters. The highest BCUT2D eigenvalue weighted by Gasteiger charge is 2.28. The third-order valence-corrected chi connectivity index (χ3v) is 6.08. The number of ether oxygens (including phenoxy) is 1. The number of nitrogens with one attached hydrogen (secondary N) is 5. The van der Waals surface area contributed by atoms with Gasteiger partial charge in [0.05, 0.1) is 18.4 Å². The molecular formula is C20H39N5O2. The highest BCUT2D eigenvalue weighted by Crippen LogP contribution is 2.27. The maximum absolute atomic E-state index is 12.4. The summed E-state index contributed by atoms with van der Waals surface area (Å²) in [6.07, 6.45) is 12.5. The fourth-order valence-electron chi connectivity index (χ4n) is 4.67. The number of rotatable bonds is 6. The normalized spacial score (nSPS) is 35.6. The topological polar surface area (TPSA) is 86.5 Å². The average molecular weight is 382 g/mol. The average Bonchev–Trinajstić information content (AvgIpc) is 2.64. The number of amides is 2. The SMILES string of the molecule is CCNC1CC(C)NC(NC(=O)NC2CCC(OC3CCCCC3)CC2)N1. The molecular weight excluding hydrogens is 342 g/mol. The second-order valence-corrected chi connectivity index (χ2v) is 8.50. The van der Waals surface area contributed by atoms with Crippen molar-refractivity contribution in [3.05, 3.63) is 0 Å². The van der Waals surface area contributed by atoms with E-state index in [1.165, 1.54) is 32.1 Å². The van der Waals surface area contributed by atoms with E-state index in [1.54, 1.807) is 0 Å². The molecule has 0 aromatic rings. The predicted molar refractivity (Wildman–Crippen MR) is 107 cm³/mol. The summed E-state index contributed by atoms with van der Waals surface area (Å²) in [6, 6.07) is 0.510. The van der Waals surface area contributed by atoms with E-state index in [2.05, 4.69) is 40.4 Å². The van der Waals surface area contributed by atoms with Crippen LogP contribution in [0.3, 0.4) is 0 Å². The summed E-state index contributed by atoms with van der Waals surface area (Å²) in [5, 5.41) is 16.3. The Morgan fingerprint density at radius 1 is 0.963 bits per heavy atom. The van der Waals surface area contributed by atoms with Crippen LogP contribution in [0.25, 0.3) is 0 Å². The van der Waals surface area contributed by atoms with Gasteiger partial charge in [0.25, 0.3) is 0 Å². The van der Waals surface area contributed by atoms with Gasteiger partial charge in [-0.2, -0.15) is 0 Å². The van der Waals surface area contributed by atoms with Gasteiger partial charge < -0.3 is 20.7 Å². The molecule has 27 heavy (non-hydrogen) atoms. The molecule has 2 amide bonds. The van der Waals surface area contributed by atoms with Crippen molar-refractivity contribution in [2.24, 2.45) is 0 Å². The van der Waals surface area contributed by atoms with E-state index >= 15 is 0 Å². The molecule has 3 atom stereocenters. The first-order valence-corrected chi connectivity index (χ1v) is 11.1. The van der Waals surface area contributed by atoms with Gasteiger partial charge in [0.1, 0.15) is 6.29 Å². The zero-order valence-corrected chi connectivity index (χ0v) is 17.1. The van der Waals surface area contributed by atoms with Gasteiger partial charge in [0.15, 0.2) is 0 Å². The van der Waals surface area contributed by atoms with Crippen LogP contribution in [-0.4, -0.2) is 49.3 Å². The molecule has 0 bridgehead atoms. The zero-order valence-electron chi connectivity index (χ0n) is 17.1. The van der Waals surface area contributed by atoms with Gasteiger partial charge in [-0.3, -0.25) is 10.6 Å². The highest BCUT2D eigenvalue weighted by molar-refractivity contribution is 5.74. The van der Waals surface area contributed by atoms with Gasteiger partial charge in [-0.1, -0.05) is 26.2 Å². The van der Waals surface area contributed by atoms with E-state index in [0.717, 1.165) is 38.6 Å². The van der Waals surface area contributed by atoms with Crippen LogP contribution in [0.4, 0.5) is 4.79 Å². The highest BCUT2D eigenvalue weighted by atomic mass is 16.5. The first-order valence-electron chi connectivity index (χ1n) is 11.1. The molecule has 7 nitrogen and oxygen atoms in total. The van der Waals surface area contributed by atoms with E-state index in [9.17, 15) is 4.79 Å². The van der Waals surface area contributed by atoms with Gasteiger partial charge in [0.2, 0.25) is 0 Å². The lowest BCUT2D eigenvalue weighted by atomic mass is 9.92. The summed E-state index contributed by atoms with van der Waals surface area (Å²) in [5.74, 6) is 0. The van der Waals surface area contributed by atoms with E-state index in [-0.39, 0.29) is 24.5 Å². The van der Waals surface area contributed by atoms with Crippen molar-refractivity contribution in [1.82, 2.24) is 26.6 Å². The minimum Gasteiger partial charge on any atom is -0.375 e. The second-order valence-electron chi connectivity index (χ2n) is 8.50. The Labute approximate surface area is 164 Å². The quantitative estimate of drug-likeness (QED) is 0.487. The van der Waals surface area contributed by atoms with Gasteiger partial charge in [0, 0.05) is 12.1 Å². The first kappa shape index (κ1) is 20.8. The van der Waals surface area contributed by atoms with Gasteiger partial charge >= 0.3 is 6.03 Å². The summed E-state index contributed by atoms with van der Waals surface area (Å²) < 4.78 is 6.30. The Bertz CT molecular complexity index is 450. The Morgan fingerprint density at radius 3 is 2.37 bits per heavy atom. The molecule has 3 aliphatic rings. The molecule has 2 saturated carbocycles. The van der Waals surface area contributed by atoms with Crippen LogP contribution in [-0.2, 0) is 4.74 Å². The summed E-state index contributed by atoms with van der Waals surface area (Å²) in [5.41, 5.74) is 0. The molecule has 2 aliphatic carbocycles. The van der Waals surface area contributed by atoms with Crippen molar-refractivity contribution in [3.63, 3.8) is 0 Å². The summed E-state index contributed by atoms with van der Waals surface area (Å²) in [7, 11) is 0. The van der Waals surface area contributed by atoms with Gasteiger partial charge in [-0.15, -0.1) is 0 Å². The Balaban J connectivity index is 1.34. The molecule has 1 heterocycles. The summed E-state index contributed by atoms with van der Waals surface area (Å²) in [6.45, 7) is 5.15. The van der Waals surface area contributed by atoms with Crippen LogP contribution < -0.4 is 26.6 Å². The van der Waals surface area contributed by atoms with Crippen molar-refractivity contribution in [2.45, 2.75) is 115 Å². The minimum absolute atomic E-state index is 0.0963. The van der Waals surface area contributed by atoms with Gasteiger partial charge in [-0.25, -0.2) is 4.79 Å². The maximum Gasteiger partial charge on any atom is 0.317 e. The van der Waals surface area contributed by atoms with Crippen LogP contribution >= 0.6 is 0 Å². The molecule has 0 radical (unpaired) electrons. The van der Waals surface area contributed by atoms with Crippen molar-refractivity contribution in [1.29, 1.82) is 0 Å². The third-order valence-electron chi connectivity index (χ3n) is 6.08. The summed E-state index contributed by atoms with van der Waals surface area (Å²) >= 11 is 0. The van der Waals surface area contributed by atoms with Crippen LogP contribution in [0.1, 0.15) is 78.1 Å². The number of urea groups is 1. The van der Waals surface area contributed by atoms with Crippen molar-refractivity contribution in [2.75, 3.05) is 6.54 Å². The van der Waals surface area contributed by atoms with Crippen molar-refractivity contribution < 1.29 is 9.53 Å². The monoisotopic (exact) mass is 381 g/mol. The minimum atomic E-state index is -0.205. The number of carbonyl (C=O) groups excluding carboxylic acids is 1. The lowest BCUT2D eigenvalue weighted by Gasteiger charge is -2.37. The van der Waals surface area contributed by atoms with E-state index in [1.807, 2.05) is 0 Å². The van der Waals surface area contributed by atoms with Crippen LogP contribution in [0.2, 0.25) is 0 Å². The summed E-state index contributed by atoms with van der Waals surface area (Å²) in [4.78, 5) is 12.4. The first-order chi connectivity index (χ1) is 13.1. The fourth-order valence-corrected chi connectivity index (χ4v) is 4.67. The number of hydrogen-bond acceptors (Lipinski definition) is 5. The maximum atomic E-state index is 12.4. The van der Waals surface area contributed by atoms with E-state index in [4.69, 9.17) is 4.74 Å². The van der Waals surface area contributed by atoms with Crippen LogP contribution in [0.5, 0.6) is 0 Å². The van der Waals surface area contributed by atoms with Crippen molar-refractivity contribution in [3.8, 4) is 0 Å². The number of carbonyl (C=O) groups is 1. The molecule has 0 aromatic heterocycles. The Morgan fingerprint density at radius 2 is 1.67 bits per heavy atom. The predicted octanol–water partition coefficient (Wildman–Crippen LogP) is 2.14. The van der Waals surface area contributed by atoms with E-state index < -0.39 is 0 Å². The molecule has 1 aliphatic heterocycles. The fraction of sp³-hybridized carbons (Fsp3) is 0.950. The van der Waals surface area contributed by atoms with Crippen LogP contribution in [0.15, 0.2) is 0 Å². The van der Waals surface area contributed by atoms with Crippen molar-refractivity contribution >= 4 is 6.03 Å². The Kier molecular flexibility index (Phi) is 8.18. The smallest absolute Gasteiger partial charge is 0.317 e. The standard InChI is InChI=1S/C20H39N5O2/c1-3-21-18-13-14(2)22-19(24-18)25-20(26)23-15-9-11-17(12-10-15)27-16-7-5-4-6-8-16/h14-19,21-22,24H,3-13H2,1-2H3,(H2,23,25,26). The molecule has 0 aromatic carbocycles. The zero-order chi connectivity index (χ0) is 19.1. The molecule has 3 rings (SSSR count). The third kappa shape index (κ3) is 6.89. The van der Waals surface area contributed by atoms with Crippen LogP contribution in [0, 0.1) is 0 Å². The molecule has 7 heteroatoms. The lowest BCUT2D eigenvalue weighted by Crippen LogP contribution is -2.68. The molecule has 1 saturated heterocycles. The lowest BCUT2D eigenvalue weighted by molar-refractivity contribution is -0.0478.